The molecule has 1 atom stereocenters. The number of likely N-dealkylation sites (tertiary alicyclic amines) is 1. The van der Waals surface area contributed by atoms with Gasteiger partial charge in [-0.1, -0.05) is 12.1 Å². The SMILES string of the molecule is CCC1(C(=O)O)CCCN(C(=O)NCc2ncon2)C1. The first-order valence-electron chi connectivity index (χ1n) is 6.59. The molecular weight excluding hydrogens is 264 g/mol. The molecule has 0 aromatic carbocycles. The summed E-state index contributed by atoms with van der Waals surface area (Å²) in [4.78, 5) is 28.8. The highest BCUT2D eigenvalue weighted by Gasteiger charge is 2.42. The second kappa shape index (κ2) is 5.89. The quantitative estimate of drug-likeness (QED) is 0.847. The molecule has 1 aliphatic heterocycles. The van der Waals surface area contributed by atoms with Gasteiger partial charge in [0.25, 0.3) is 0 Å². The summed E-state index contributed by atoms with van der Waals surface area (Å²) < 4.78 is 4.57. The average molecular weight is 282 g/mol. The highest BCUT2D eigenvalue weighted by molar-refractivity contribution is 5.78. The van der Waals surface area contributed by atoms with Crippen LogP contribution in [-0.2, 0) is 11.3 Å². The molecule has 1 fully saturated rings. The van der Waals surface area contributed by atoms with Crippen LogP contribution in [0, 0.1) is 5.41 Å². The van der Waals surface area contributed by atoms with E-state index < -0.39 is 11.4 Å². The van der Waals surface area contributed by atoms with Crippen molar-refractivity contribution in [3.8, 4) is 0 Å². The molecule has 0 aliphatic carbocycles. The fraction of sp³-hybridized carbons (Fsp3) is 0.667. The van der Waals surface area contributed by atoms with E-state index in [1.807, 2.05) is 6.92 Å². The van der Waals surface area contributed by atoms with Crippen LogP contribution in [0.2, 0.25) is 0 Å². The molecule has 0 radical (unpaired) electrons. The Labute approximate surface area is 116 Å². The number of nitrogens with zero attached hydrogens (tertiary/aromatic N) is 3. The van der Waals surface area contributed by atoms with E-state index in [1.54, 1.807) is 4.90 Å². The van der Waals surface area contributed by atoms with E-state index >= 15 is 0 Å². The minimum absolute atomic E-state index is 0.165. The number of nitrogens with one attached hydrogen (secondary N) is 1. The van der Waals surface area contributed by atoms with Gasteiger partial charge in [0.1, 0.15) is 0 Å². The Morgan fingerprint density at radius 2 is 2.40 bits per heavy atom. The van der Waals surface area contributed by atoms with Gasteiger partial charge in [0.2, 0.25) is 6.39 Å². The number of carbonyl (C=O) groups excluding carboxylic acids is 1. The van der Waals surface area contributed by atoms with Gasteiger partial charge in [-0.25, -0.2) is 4.79 Å². The predicted octanol–water partition coefficient (Wildman–Crippen LogP) is 0.856. The number of carboxylic acids is 1. The van der Waals surface area contributed by atoms with Crippen molar-refractivity contribution < 1.29 is 19.2 Å². The fourth-order valence-electron chi connectivity index (χ4n) is 2.46. The fourth-order valence-corrected chi connectivity index (χ4v) is 2.46. The predicted molar refractivity (Wildman–Crippen MR) is 67.7 cm³/mol. The lowest BCUT2D eigenvalue weighted by atomic mass is 9.78. The highest BCUT2D eigenvalue weighted by Crippen LogP contribution is 2.33. The van der Waals surface area contributed by atoms with E-state index in [0.29, 0.717) is 31.6 Å². The average Bonchev–Trinajstić information content (AvgIpc) is 2.97. The summed E-state index contributed by atoms with van der Waals surface area (Å²) in [5.41, 5.74) is -0.832. The first kappa shape index (κ1) is 14.3. The first-order valence-corrected chi connectivity index (χ1v) is 6.59. The van der Waals surface area contributed by atoms with E-state index in [0.717, 1.165) is 0 Å². The third kappa shape index (κ3) is 2.89. The third-order valence-electron chi connectivity index (χ3n) is 3.80. The van der Waals surface area contributed by atoms with Crippen molar-refractivity contribution in [3.63, 3.8) is 0 Å². The molecule has 8 heteroatoms. The highest BCUT2D eigenvalue weighted by atomic mass is 16.5. The number of carboxylic acid groups (broad SMARTS) is 1. The number of hydrogen-bond acceptors (Lipinski definition) is 5. The number of urea groups is 1. The Bertz CT molecular complexity index is 476. The van der Waals surface area contributed by atoms with Gasteiger partial charge in [-0.05, 0) is 19.3 Å². The van der Waals surface area contributed by atoms with Crippen molar-refractivity contribution in [2.45, 2.75) is 32.7 Å². The first-order chi connectivity index (χ1) is 9.57. The van der Waals surface area contributed by atoms with Crippen LogP contribution in [0.1, 0.15) is 32.0 Å². The van der Waals surface area contributed by atoms with E-state index in [9.17, 15) is 14.7 Å². The molecule has 0 saturated carbocycles. The smallest absolute Gasteiger partial charge is 0.317 e. The van der Waals surface area contributed by atoms with Gasteiger partial charge in [0.15, 0.2) is 5.82 Å². The standard InChI is InChI=1S/C12H18N4O4/c1-2-12(10(17)18)4-3-5-16(7-12)11(19)13-6-9-14-8-20-15-9/h8H,2-7H2,1H3,(H,13,19)(H,17,18). The molecule has 1 saturated heterocycles. The monoisotopic (exact) mass is 282 g/mol. The van der Waals surface area contributed by atoms with E-state index in [1.165, 1.54) is 6.39 Å². The second-order valence-electron chi connectivity index (χ2n) is 4.97. The van der Waals surface area contributed by atoms with Crippen molar-refractivity contribution in [3.05, 3.63) is 12.2 Å². The molecule has 110 valence electrons. The molecule has 2 amide bonds. The third-order valence-corrected chi connectivity index (χ3v) is 3.80. The summed E-state index contributed by atoms with van der Waals surface area (Å²) in [7, 11) is 0. The number of amides is 2. The zero-order valence-corrected chi connectivity index (χ0v) is 11.3. The molecule has 1 aromatic rings. The normalized spacial score (nSPS) is 22.6. The van der Waals surface area contributed by atoms with Crippen molar-refractivity contribution in [2.75, 3.05) is 13.1 Å². The Balaban J connectivity index is 1.94. The van der Waals surface area contributed by atoms with Crippen molar-refractivity contribution >= 4 is 12.0 Å². The van der Waals surface area contributed by atoms with E-state index in [2.05, 4.69) is 20.0 Å². The maximum absolute atomic E-state index is 12.1. The van der Waals surface area contributed by atoms with Crippen LogP contribution in [0.25, 0.3) is 0 Å². The van der Waals surface area contributed by atoms with Crippen molar-refractivity contribution in [2.24, 2.45) is 5.41 Å². The minimum atomic E-state index is -0.837. The van der Waals surface area contributed by atoms with Crippen LogP contribution in [0.4, 0.5) is 4.79 Å². The van der Waals surface area contributed by atoms with Gasteiger partial charge in [-0.15, -0.1) is 0 Å². The van der Waals surface area contributed by atoms with Gasteiger partial charge < -0.3 is 19.8 Å². The lowest BCUT2D eigenvalue weighted by Crippen LogP contribution is -2.52. The topological polar surface area (TPSA) is 109 Å². The molecule has 0 spiro atoms. The molecule has 20 heavy (non-hydrogen) atoms. The summed E-state index contributed by atoms with van der Waals surface area (Å²) in [6.07, 6.45) is 3.00. The lowest BCUT2D eigenvalue weighted by molar-refractivity contribution is -0.152. The number of hydrogen-bond donors (Lipinski definition) is 2. The number of carbonyl (C=O) groups is 2. The molecular formula is C12H18N4O4. The summed E-state index contributed by atoms with van der Waals surface area (Å²) in [5, 5.41) is 15.6. The molecule has 8 nitrogen and oxygen atoms in total. The van der Waals surface area contributed by atoms with E-state index in [4.69, 9.17) is 0 Å². The number of aliphatic carboxylic acids is 1. The maximum Gasteiger partial charge on any atom is 0.317 e. The minimum Gasteiger partial charge on any atom is -0.481 e. The Kier molecular flexibility index (Phi) is 4.21. The zero-order chi connectivity index (χ0) is 14.6. The molecule has 1 unspecified atom stereocenters. The summed E-state index contributed by atoms with van der Waals surface area (Å²) in [6, 6.07) is -0.298. The van der Waals surface area contributed by atoms with Gasteiger partial charge >= 0.3 is 12.0 Å². The van der Waals surface area contributed by atoms with Gasteiger partial charge in [0, 0.05) is 13.1 Å². The molecule has 2 heterocycles. The Hall–Kier alpha value is -2.12. The van der Waals surface area contributed by atoms with E-state index in [-0.39, 0.29) is 19.1 Å². The summed E-state index contributed by atoms with van der Waals surface area (Å²) >= 11 is 0. The number of aromatic nitrogens is 2. The number of piperidine rings is 1. The van der Waals surface area contributed by atoms with Crippen LogP contribution >= 0.6 is 0 Å². The van der Waals surface area contributed by atoms with Crippen LogP contribution < -0.4 is 5.32 Å². The molecule has 1 aromatic heterocycles. The summed E-state index contributed by atoms with van der Waals surface area (Å²) in [5.74, 6) is -0.453. The van der Waals surface area contributed by atoms with Crippen molar-refractivity contribution in [1.29, 1.82) is 0 Å². The molecule has 2 rings (SSSR count). The Morgan fingerprint density at radius 3 is 3.00 bits per heavy atom. The Morgan fingerprint density at radius 1 is 1.60 bits per heavy atom. The van der Waals surface area contributed by atoms with Gasteiger partial charge in [0.05, 0.1) is 12.0 Å². The molecule has 0 bridgehead atoms. The maximum atomic E-state index is 12.1. The van der Waals surface area contributed by atoms with Crippen LogP contribution in [-0.4, -0.2) is 45.2 Å². The lowest BCUT2D eigenvalue weighted by Gasteiger charge is -2.39. The van der Waals surface area contributed by atoms with Crippen LogP contribution in [0.15, 0.2) is 10.9 Å². The largest absolute Gasteiger partial charge is 0.481 e. The molecule has 1 aliphatic rings. The summed E-state index contributed by atoms with van der Waals surface area (Å²) in [6.45, 7) is 2.80. The molecule has 2 N–H and O–H groups in total. The van der Waals surface area contributed by atoms with Gasteiger partial charge in [-0.2, -0.15) is 4.98 Å². The second-order valence-corrected chi connectivity index (χ2v) is 4.97. The van der Waals surface area contributed by atoms with Crippen LogP contribution in [0.5, 0.6) is 0 Å². The zero-order valence-electron chi connectivity index (χ0n) is 11.3. The van der Waals surface area contributed by atoms with Gasteiger partial charge in [-0.3, -0.25) is 4.79 Å². The van der Waals surface area contributed by atoms with Crippen LogP contribution in [0.3, 0.4) is 0 Å². The number of rotatable bonds is 4. The van der Waals surface area contributed by atoms with Crippen molar-refractivity contribution in [1.82, 2.24) is 20.4 Å².